The minimum atomic E-state index is -3.31. The first-order chi connectivity index (χ1) is 11.2. The number of hydrogen-bond donors (Lipinski definition) is 2. The summed E-state index contributed by atoms with van der Waals surface area (Å²) in [5.41, 5.74) is 0.957. The van der Waals surface area contributed by atoms with E-state index in [1.807, 2.05) is 0 Å². The lowest BCUT2D eigenvalue weighted by Crippen LogP contribution is -2.31. The fourth-order valence-corrected chi connectivity index (χ4v) is 3.52. The van der Waals surface area contributed by atoms with Crippen molar-refractivity contribution in [2.24, 2.45) is 0 Å². The Morgan fingerprint density at radius 2 is 1.79 bits per heavy atom. The third-order valence-electron chi connectivity index (χ3n) is 3.56. The molecule has 0 aliphatic carbocycles. The lowest BCUT2D eigenvalue weighted by atomic mass is 10.2. The van der Waals surface area contributed by atoms with E-state index in [9.17, 15) is 13.2 Å². The van der Waals surface area contributed by atoms with Crippen molar-refractivity contribution < 1.29 is 13.2 Å². The molecule has 136 valence electrons. The molecule has 0 bridgehead atoms. The van der Waals surface area contributed by atoms with Gasteiger partial charge in [0.1, 0.15) is 0 Å². The highest BCUT2D eigenvalue weighted by Gasteiger charge is 2.12. The van der Waals surface area contributed by atoms with Crippen LogP contribution in [0.5, 0.6) is 0 Å². The van der Waals surface area contributed by atoms with Gasteiger partial charge >= 0.3 is 0 Å². The summed E-state index contributed by atoms with van der Waals surface area (Å²) >= 11 is 2.24. The summed E-state index contributed by atoms with van der Waals surface area (Å²) in [4.78, 5) is 14.6. The third-order valence-corrected chi connectivity index (χ3v) is 5.11. The van der Waals surface area contributed by atoms with Crippen molar-refractivity contribution >= 4 is 44.2 Å². The van der Waals surface area contributed by atoms with Crippen molar-refractivity contribution in [1.29, 1.82) is 0 Å². The molecule has 0 aliphatic heterocycles. The molecular weight excluding hydrogens is 441 g/mol. The molecule has 2 N–H and O–H groups in total. The first-order valence-corrected chi connectivity index (χ1v) is 11.1. The molecular formula is C16H26IN3O3S. The van der Waals surface area contributed by atoms with Gasteiger partial charge in [-0.1, -0.05) is 36.4 Å². The Morgan fingerprint density at radius 1 is 1.21 bits per heavy atom. The standard InChI is InChI=1S/C16H26IN3O3S/c1-4-20(5-2)12-6-7-15(17)18-16(21)13-8-10-14(11-9-13)19-24(3,22)23/h8-11,15,19H,4-7,12H2,1-3H3,(H,18,21). The Bertz CT molecular complexity index is 616. The topological polar surface area (TPSA) is 78.5 Å². The van der Waals surface area contributed by atoms with Crippen LogP contribution in [0.3, 0.4) is 0 Å². The molecule has 1 amide bonds. The smallest absolute Gasteiger partial charge is 0.252 e. The monoisotopic (exact) mass is 467 g/mol. The van der Waals surface area contributed by atoms with Crippen molar-refractivity contribution in [1.82, 2.24) is 10.2 Å². The van der Waals surface area contributed by atoms with Crippen LogP contribution in [0, 0.1) is 0 Å². The van der Waals surface area contributed by atoms with Crippen molar-refractivity contribution in [3.8, 4) is 0 Å². The van der Waals surface area contributed by atoms with Crippen LogP contribution in [-0.4, -0.2) is 49.2 Å². The molecule has 24 heavy (non-hydrogen) atoms. The number of carbonyl (C=O) groups excluding carboxylic acids is 1. The summed E-state index contributed by atoms with van der Waals surface area (Å²) in [7, 11) is -3.31. The summed E-state index contributed by atoms with van der Waals surface area (Å²) in [6.07, 6.45) is 3.04. The Morgan fingerprint density at radius 3 is 2.29 bits per heavy atom. The van der Waals surface area contributed by atoms with Gasteiger partial charge < -0.3 is 10.2 Å². The van der Waals surface area contributed by atoms with Crippen LogP contribution in [-0.2, 0) is 10.0 Å². The average molecular weight is 467 g/mol. The van der Waals surface area contributed by atoms with Crippen LogP contribution in [0.4, 0.5) is 5.69 Å². The first-order valence-electron chi connectivity index (χ1n) is 8.00. The van der Waals surface area contributed by atoms with Gasteiger partial charge in [0.05, 0.1) is 10.3 Å². The van der Waals surface area contributed by atoms with Crippen molar-refractivity contribution in [3.05, 3.63) is 29.8 Å². The predicted octanol–water partition coefficient (Wildman–Crippen LogP) is 2.67. The second-order valence-corrected chi connectivity index (χ2v) is 8.81. The van der Waals surface area contributed by atoms with Crippen molar-refractivity contribution in [2.45, 2.75) is 30.7 Å². The van der Waals surface area contributed by atoms with Crippen LogP contribution in [0.2, 0.25) is 0 Å². The number of anilines is 1. The van der Waals surface area contributed by atoms with Gasteiger partial charge in [-0.15, -0.1) is 0 Å². The van der Waals surface area contributed by atoms with Gasteiger partial charge in [0, 0.05) is 11.3 Å². The molecule has 1 unspecified atom stereocenters. The SMILES string of the molecule is CCN(CC)CCCC(I)NC(=O)c1ccc(NS(C)(=O)=O)cc1. The minimum absolute atomic E-state index is 0.0690. The van der Waals surface area contributed by atoms with Crippen LogP contribution < -0.4 is 10.0 Å². The Kier molecular flexibility index (Phi) is 8.99. The molecule has 0 saturated heterocycles. The van der Waals surface area contributed by atoms with E-state index < -0.39 is 10.0 Å². The Hall–Kier alpha value is -0.870. The molecule has 0 fully saturated rings. The lowest BCUT2D eigenvalue weighted by molar-refractivity contribution is 0.0950. The number of amides is 1. The summed E-state index contributed by atoms with van der Waals surface area (Å²) in [6.45, 7) is 7.42. The minimum Gasteiger partial charge on any atom is -0.340 e. The number of rotatable bonds is 10. The molecule has 0 aromatic heterocycles. The van der Waals surface area contributed by atoms with E-state index in [1.54, 1.807) is 24.3 Å². The third kappa shape index (κ3) is 8.29. The number of hydrogen-bond acceptors (Lipinski definition) is 4. The molecule has 0 spiro atoms. The molecule has 1 atom stereocenters. The zero-order valence-electron chi connectivity index (χ0n) is 14.4. The number of halogens is 1. The maximum Gasteiger partial charge on any atom is 0.252 e. The highest BCUT2D eigenvalue weighted by atomic mass is 127. The van der Waals surface area contributed by atoms with Crippen LogP contribution in [0.15, 0.2) is 24.3 Å². The largest absolute Gasteiger partial charge is 0.340 e. The number of benzene rings is 1. The average Bonchev–Trinajstić information content (AvgIpc) is 2.50. The van der Waals surface area contributed by atoms with Crippen molar-refractivity contribution in [3.63, 3.8) is 0 Å². The van der Waals surface area contributed by atoms with Crippen LogP contribution in [0.1, 0.15) is 37.0 Å². The summed E-state index contributed by atoms with van der Waals surface area (Å²) in [5.74, 6) is -0.150. The van der Waals surface area contributed by atoms with Gasteiger partial charge in [-0.25, -0.2) is 8.42 Å². The second kappa shape index (κ2) is 10.2. The van der Waals surface area contributed by atoms with E-state index in [0.29, 0.717) is 11.3 Å². The molecule has 1 aromatic rings. The quantitative estimate of drug-likeness (QED) is 0.315. The molecule has 0 aliphatic rings. The highest BCUT2D eigenvalue weighted by Crippen LogP contribution is 2.13. The Labute approximate surface area is 158 Å². The fraction of sp³-hybridized carbons (Fsp3) is 0.562. The number of carbonyl (C=O) groups is 1. The van der Waals surface area contributed by atoms with E-state index in [0.717, 1.165) is 38.7 Å². The van der Waals surface area contributed by atoms with Gasteiger partial charge in [0.25, 0.3) is 5.91 Å². The highest BCUT2D eigenvalue weighted by molar-refractivity contribution is 14.1. The van der Waals surface area contributed by atoms with E-state index in [2.05, 4.69) is 51.4 Å². The van der Waals surface area contributed by atoms with Gasteiger partial charge in [0.2, 0.25) is 10.0 Å². The Balaban J connectivity index is 2.46. The first kappa shape index (κ1) is 21.2. The van der Waals surface area contributed by atoms with Gasteiger partial charge in [-0.05, 0) is 56.7 Å². The molecule has 0 radical (unpaired) electrons. The maximum absolute atomic E-state index is 12.2. The number of alkyl halides is 1. The second-order valence-electron chi connectivity index (χ2n) is 5.56. The molecule has 6 nitrogen and oxygen atoms in total. The van der Waals surface area contributed by atoms with E-state index >= 15 is 0 Å². The number of sulfonamides is 1. The maximum atomic E-state index is 12.2. The zero-order chi connectivity index (χ0) is 18.2. The van der Waals surface area contributed by atoms with E-state index in [-0.39, 0.29) is 9.96 Å². The summed E-state index contributed by atoms with van der Waals surface area (Å²) in [5, 5.41) is 2.96. The van der Waals surface area contributed by atoms with Gasteiger partial charge in [-0.3, -0.25) is 9.52 Å². The summed E-state index contributed by atoms with van der Waals surface area (Å²) < 4.78 is 24.8. The number of nitrogens with one attached hydrogen (secondary N) is 2. The molecule has 0 heterocycles. The van der Waals surface area contributed by atoms with Crippen molar-refractivity contribution in [2.75, 3.05) is 30.6 Å². The van der Waals surface area contributed by atoms with Crippen LogP contribution in [0.25, 0.3) is 0 Å². The van der Waals surface area contributed by atoms with Gasteiger partial charge in [0.15, 0.2) is 0 Å². The lowest BCUT2D eigenvalue weighted by Gasteiger charge is -2.19. The zero-order valence-corrected chi connectivity index (χ0v) is 17.4. The molecule has 0 saturated carbocycles. The summed E-state index contributed by atoms with van der Waals surface area (Å²) in [6, 6.07) is 6.39. The van der Waals surface area contributed by atoms with Crippen LogP contribution >= 0.6 is 22.6 Å². The predicted molar refractivity (Wildman–Crippen MR) is 107 cm³/mol. The van der Waals surface area contributed by atoms with Gasteiger partial charge in [-0.2, -0.15) is 0 Å². The fourth-order valence-electron chi connectivity index (χ4n) is 2.24. The number of nitrogens with zero attached hydrogens (tertiary/aromatic N) is 1. The molecule has 1 aromatic carbocycles. The van der Waals surface area contributed by atoms with E-state index in [1.165, 1.54) is 0 Å². The molecule has 8 heteroatoms. The normalized spacial score (nSPS) is 12.9. The van der Waals surface area contributed by atoms with E-state index in [4.69, 9.17) is 0 Å². The molecule has 1 rings (SSSR count).